The number of thioether (sulfide) groups is 1. The fourth-order valence-corrected chi connectivity index (χ4v) is 2.92. The van der Waals surface area contributed by atoms with Gasteiger partial charge in [-0.2, -0.15) is 11.8 Å². The molecule has 1 aromatic heterocycles. The number of nitrogens with zero attached hydrogens (tertiary/aromatic N) is 1. The lowest BCUT2D eigenvalue weighted by Gasteiger charge is -2.11. The van der Waals surface area contributed by atoms with Crippen molar-refractivity contribution in [1.29, 1.82) is 0 Å². The third-order valence-corrected chi connectivity index (χ3v) is 3.91. The highest BCUT2D eigenvalue weighted by Gasteiger charge is 2.08. The minimum absolute atomic E-state index is 0.238. The van der Waals surface area contributed by atoms with Crippen molar-refractivity contribution >= 4 is 35.0 Å². The lowest BCUT2D eigenvalue weighted by atomic mass is 10.2. The maximum absolute atomic E-state index is 13.1. The van der Waals surface area contributed by atoms with Crippen LogP contribution in [0.4, 0.5) is 4.39 Å². The van der Waals surface area contributed by atoms with Gasteiger partial charge in [0.2, 0.25) is 0 Å². The topological polar surface area (TPSA) is 20.7 Å². The predicted octanol–water partition coefficient (Wildman–Crippen LogP) is 3.84. The number of nitrogens with one attached hydrogen (secondary N) is 1. The second-order valence-electron chi connectivity index (χ2n) is 4.26. The van der Waals surface area contributed by atoms with Crippen LogP contribution in [0.1, 0.15) is 6.92 Å². The van der Waals surface area contributed by atoms with Crippen LogP contribution < -0.4 is 0 Å². The van der Waals surface area contributed by atoms with Crippen LogP contribution >= 0.6 is 24.0 Å². The molecule has 0 spiro atoms. The van der Waals surface area contributed by atoms with Gasteiger partial charge in [-0.05, 0) is 48.3 Å². The molecule has 0 amide bonds. The van der Waals surface area contributed by atoms with Crippen LogP contribution in [0.5, 0.6) is 0 Å². The fraction of sp³-hybridized carbons (Fsp3) is 0.417. The molecular weight excluding hydrogens is 255 g/mol. The Bertz CT molecular complexity index is 573. The maximum Gasteiger partial charge on any atom is 0.178 e. The van der Waals surface area contributed by atoms with Crippen LogP contribution in [-0.4, -0.2) is 21.6 Å². The minimum Gasteiger partial charge on any atom is -0.330 e. The number of fused-ring (bicyclic) bond motifs is 1. The number of rotatable bonds is 4. The number of hydrogen-bond acceptors (Lipinski definition) is 2. The van der Waals surface area contributed by atoms with Crippen LogP contribution in [0.2, 0.25) is 0 Å². The fourth-order valence-electron chi connectivity index (χ4n) is 1.97. The van der Waals surface area contributed by atoms with Crippen molar-refractivity contribution in [3.63, 3.8) is 0 Å². The van der Waals surface area contributed by atoms with Crippen LogP contribution in [0.15, 0.2) is 18.2 Å². The molecule has 0 bridgehead atoms. The zero-order valence-electron chi connectivity index (χ0n) is 9.87. The lowest BCUT2D eigenvalue weighted by molar-refractivity contribution is 0.536. The van der Waals surface area contributed by atoms with Crippen molar-refractivity contribution < 1.29 is 4.39 Å². The van der Waals surface area contributed by atoms with E-state index in [4.69, 9.17) is 12.2 Å². The van der Waals surface area contributed by atoms with Crippen molar-refractivity contribution in [1.82, 2.24) is 9.55 Å². The Kier molecular flexibility index (Phi) is 3.89. The monoisotopic (exact) mass is 270 g/mol. The molecule has 0 saturated carbocycles. The van der Waals surface area contributed by atoms with E-state index < -0.39 is 0 Å². The summed E-state index contributed by atoms with van der Waals surface area (Å²) >= 11 is 7.10. The van der Waals surface area contributed by atoms with Crippen LogP contribution in [-0.2, 0) is 6.54 Å². The molecule has 1 atom stereocenters. The molecule has 0 radical (unpaired) electrons. The summed E-state index contributed by atoms with van der Waals surface area (Å²) in [4.78, 5) is 3.05. The summed E-state index contributed by atoms with van der Waals surface area (Å²) in [5, 5.41) is 0. The first-order valence-electron chi connectivity index (χ1n) is 5.49. The quantitative estimate of drug-likeness (QED) is 0.852. The number of aromatic nitrogens is 2. The van der Waals surface area contributed by atoms with Gasteiger partial charge >= 0.3 is 0 Å². The number of H-pyrrole nitrogens is 1. The molecule has 1 N–H and O–H groups in total. The molecule has 1 unspecified atom stereocenters. The summed E-state index contributed by atoms with van der Waals surface area (Å²) in [6, 6.07) is 4.74. The first-order chi connectivity index (χ1) is 8.11. The summed E-state index contributed by atoms with van der Waals surface area (Å²) in [7, 11) is 0. The first-order valence-corrected chi connectivity index (χ1v) is 7.29. The van der Waals surface area contributed by atoms with E-state index >= 15 is 0 Å². The van der Waals surface area contributed by atoms with E-state index in [2.05, 4.69) is 18.2 Å². The average Bonchev–Trinajstić information content (AvgIpc) is 2.55. The normalized spacial score (nSPS) is 13.1. The molecule has 92 valence electrons. The minimum atomic E-state index is -0.238. The van der Waals surface area contributed by atoms with Crippen LogP contribution in [0.25, 0.3) is 11.0 Å². The smallest absolute Gasteiger partial charge is 0.178 e. The van der Waals surface area contributed by atoms with Crippen LogP contribution in [0, 0.1) is 16.5 Å². The SMILES string of the molecule is CSCC(C)Cn1c(=S)[nH]c2cc(F)ccc21. The summed E-state index contributed by atoms with van der Waals surface area (Å²) in [5.41, 5.74) is 1.75. The highest BCUT2D eigenvalue weighted by Crippen LogP contribution is 2.18. The van der Waals surface area contributed by atoms with E-state index in [9.17, 15) is 4.39 Å². The Morgan fingerprint density at radius 3 is 3.00 bits per heavy atom. The molecule has 17 heavy (non-hydrogen) atoms. The summed E-state index contributed by atoms with van der Waals surface area (Å²) in [6.45, 7) is 3.06. The van der Waals surface area contributed by atoms with Gasteiger partial charge in [0.25, 0.3) is 0 Å². The Morgan fingerprint density at radius 2 is 2.29 bits per heavy atom. The Morgan fingerprint density at radius 1 is 1.53 bits per heavy atom. The largest absolute Gasteiger partial charge is 0.330 e. The van der Waals surface area contributed by atoms with Gasteiger partial charge in [-0.1, -0.05) is 6.92 Å². The van der Waals surface area contributed by atoms with Crippen molar-refractivity contribution in [2.45, 2.75) is 13.5 Å². The second kappa shape index (κ2) is 5.23. The standard InChI is InChI=1S/C12H15FN2S2/c1-8(7-17-2)6-15-11-4-3-9(13)5-10(11)14-12(15)16/h3-5,8H,6-7H2,1-2H3,(H,14,16). The second-order valence-corrected chi connectivity index (χ2v) is 5.56. The molecule has 1 heterocycles. The highest BCUT2D eigenvalue weighted by atomic mass is 32.2. The third kappa shape index (κ3) is 2.72. The molecule has 0 fully saturated rings. The average molecular weight is 270 g/mol. The van der Waals surface area contributed by atoms with Crippen molar-refractivity contribution in [3.05, 3.63) is 28.8 Å². The molecule has 2 nitrogen and oxygen atoms in total. The Hall–Kier alpha value is -0.810. The number of imidazole rings is 1. The van der Waals surface area contributed by atoms with E-state index in [-0.39, 0.29) is 5.82 Å². The Labute approximate surface area is 109 Å². The molecule has 0 aliphatic heterocycles. The van der Waals surface area contributed by atoms with E-state index in [1.807, 2.05) is 16.3 Å². The van der Waals surface area contributed by atoms with Gasteiger partial charge in [-0.15, -0.1) is 0 Å². The van der Waals surface area contributed by atoms with Crippen molar-refractivity contribution in [2.75, 3.05) is 12.0 Å². The first kappa shape index (κ1) is 12.6. The van der Waals surface area contributed by atoms with Gasteiger partial charge in [0.15, 0.2) is 4.77 Å². The van der Waals surface area contributed by atoms with E-state index in [1.54, 1.807) is 6.07 Å². The number of aromatic amines is 1. The van der Waals surface area contributed by atoms with E-state index in [0.717, 1.165) is 23.3 Å². The van der Waals surface area contributed by atoms with Gasteiger partial charge in [0.1, 0.15) is 5.82 Å². The molecule has 2 aromatic rings. The lowest BCUT2D eigenvalue weighted by Crippen LogP contribution is -2.09. The van der Waals surface area contributed by atoms with Gasteiger partial charge in [0, 0.05) is 6.54 Å². The van der Waals surface area contributed by atoms with Crippen molar-refractivity contribution in [2.24, 2.45) is 5.92 Å². The maximum atomic E-state index is 13.1. The van der Waals surface area contributed by atoms with E-state index in [0.29, 0.717) is 10.7 Å². The zero-order valence-corrected chi connectivity index (χ0v) is 11.5. The molecular formula is C12H15FN2S2. The summed E-state index contributed by atoms with van der Waals surface area (Å²) in [6.07, 6.45) is 2.10. The van der Waals surface area contributed by atoms with Gasteiger partial charge in [-0.25, -0.2) is 4.39 Å². The molecule has 0 aliphatic carbocycles. The zero-order chi connectivity index (χ0) is 12.4. The van der Waals surface area contributed by atoms with Gasteiger partial charge in [0.05, 0.1) is 11.0 Å². The predicted molar refractivity (Wildman–Crippen MR) is 74.6 cm³/mol. The van der Waals surface area contributed by atoms with Crippen LogP contribution in [0.3, 0.4) is 0 Å². The highest BCUT2D eigenvalue weighted by molar-refractivity contribution is 7.98. The molecule has 1 aromatic carbocycles. The summed E-state index contributed by atoms with van der Waals surface area (Å²) < 4.78 is 15.8. The van der Waals surface area contributed by atoms with Crippen molar-refractivity contribution in [3.8, 4) is 0 Å². The number of benzene rings is 1. The Balaban J connectivity index is 2.40. The molecule has 0 aliphatic rings. The number of halogens is 1. The van der Waals surface area contributed by atoms with Gasteiger partial charge in [-0.3, -0.25) is 0 Å². The molecule has 2 rings (SSSR count). The summed E-state index contributed by atoms with van der Waals surface area (Å²) in [5.74, 6) is 1.40. The molecule has 5 heteroatoms. The molecule has 0 saturated heterocycles. The number of hydrogen-bond donors (Lipinski definition) is 1. The van der Waals surface area contributed by atoms with E-state index in [1.165, 1.54) is 12.1 Å². The van der Waals surface area contributed by atoms with Gasteiger partial charge < -0.3 is 9.55 Å². The third-order valence-electron chi connectivity index (χ3n) is 2.68.